The minimum atomic E-state index is -6.17. The number of nitrogens with one attached hydrogen (secondary N) is 2. The number of hydrogen-bond acceptors (Lipinski definition) is 9. The van der Waals surface area contributed by atoms with Gasteiger partial charge in [0.2, 0.25) is 0 Å². The summed E-state index contributed by atoms with van der Waals surface area (Å²) in [6, 6.07) is 41.5. The van der Waals surface area contributed by atoms with Crippen LogP contribution >= 0.6 is 0 Å². The number of hydrogen-bond donors (Lipinski definition) is 2. The number of H-pyrrole nitrogens is 1. The largest absolute Gasteiger partial charge is 0.521 e. The van der Waals surface area contributed by atoms with Crippen LogP contribution in [-0.4, -0.2) is 35.0 Å². The molecule has 10 rings (SSSR count). The number of benzene rings is 6. The maximum atomic E-state index is 14.6. The fourth-order valence-corrected chi connectivity index (χ4v) is 16.0. The first kappa shape index (κ1) is 82.0. The molecule has 0 radical (unpaired) electrons. The second-order valence-corrected chi connectivity index (χ2v) is 32.0. The van der Waals surface area contributed by atoms with E-state index >= 15 is 0 Å². The number of halogens is 3. The van der Waals surface area contributed by atoms with Crippen molar-refractivity contribution in [3.05, 3.63) is 155 Å². The Morgan fingerprint density at radius 2 is 0.729 bits per heavy atom. The fourth-order valence-electron chi connectivity index (χ4n) is 15.4. The lowest BCUT2D eigenvalue weighted by molar-refractivity contribution is -0.0502. The number of unbranched alkanes of at least 4 members (excludes halogenated alkanes) is 36. The SMILES string of the molecule is CCCCCCCCCCCCCCCc1cccc(Oc2ccc3c4[nH]c(c3c2)Nc2c3ccc(Oc5cccc(CCCCCCCCCCCCCCC)c5)cc3c(n2C)N=c2c3ccc(Oc5cccc(CCCCCCCCCCCCCCC)c5)cc3c(n2B(C)OS(=O)(=O)C(F)(F)F)=N4)c1. The van der Waals surface area contributed by atoms with E-state index < -0.39 is 22.7 Å². The highest BCUT2D eigenvalue weighted by Gasteiger charge is 2.49. The summed E-state index contributed by atoms with van der Waals surface area (Å²) in [5, 5.41) is 7.34. The van der Waals surface area contributed by atoms with E-state index in [0.717, 1.165) is 55.9 Å². The molecule has 578 valence electrons. The Labute approximate surface area is 637 Å². The average molecular weight is 1480 g/mol. The number of aromatic nitrogens is 3. The summed E-state index contributed by atoms with van der Waals surface area (Å²) in [5.74, 6) is 5.43. The molecule has 107 heavy (non-hydrogen) atoms. The van der Waals surface area contributed by atoms with Crippen LogP contribution in [0.15, 0.2) is 137 Å². The zero-order valence-electron chi connectivity index (χ0n) is 65.2. The molecule has 0 saturated heterocycles. The predicted molar refractivity (Wildman–Crippen MR) is 439 cm³/mol. The van der Waals surface area contributed by atoms with Crippen LogP contribution in [0.1, 0.15) is 288 Å². The van der Waals surface area contributed by atoms with Gasteiger partial charge in [-0.2, -0.15) is 21.6 Å². The molecule has 0 saturated carbocycles. The normalized spacial score (nSPS) is 12.3. The number of ether oxygens (including phenoxy) is 3. The van der Waals surface area contributed by atoms with Crippen molar-refractivity contribution in [1.29, 1.82) is 0 Å². The number of anilines is 2. The van der Waals surface area contributed by atoms with Gasteiger partial charge in [-0.3, -0.25) is 4.10 Å². The number of aromatic amines is 1. The first-order valence-electron chi connectivity index (χ1n) is 41.7. The third kappa shape index (κ3) is 24.8. The van der Waals surface area contributed by atoms with Crippen molar-refractivity contribution in [2.75, 3.05) is 5.32 Å². The standard InChI is InChI=1S/C90H122BF3N6O6S/c1-6-9-12-15-18-21-24-27-30-33-36-39-42-48-69-51-45-54-72(63-69)103-75-57-60-78-81(66-75)85-95-84(78)97-89-83-68-77(105-74-56-47-53-71(65-74)50-44-41-38-35-32-29-26-23-20-17-14-11-8-3)59-62-80(83)88(100(89)91(4)106-107(101,102)90(92,93)94)98-87-82-67-76(58-61-79(82)86(96-85)99(87)5)104-73-55-46-52-70(64-73)49-43-40-37-34-31-28-25-22-19-16-13-10-7-2/h45-47,51-68,95-96H,6-44,48-50H2,1-5H3. The summed E-state index contributed by atoms with van der Waals surface area (Å²) in [6.07, 6.45) is 53.3. The Morgan fingerprint density at radius 3 is 1.12 bits per heavy atom. The number of aryl methyl sites for hydroxylation is 3. The lowest BCUT2D eigenvalue weighted by Gasteiger charge is -2.14. The van der Waals surface area contributed by atoms with Crippen LogP contribution in [-0.2, 0) is 40.5 Å². The molecule has 17 heteroatoms. The molecule has 0 atom stereocenters. The lowest BCUT2D eigenvalue weighted by atomic mass is 9.88. The van der Waals surface area contributed by atoms with Gasteiger partial charge in [0.15, 0.2) is 0 Å². The summed E-state index contributed by atoms with van der Waals surface area (Å²) in [5.41, 5.74) is -2.01. The Morgan fingerprint density at radius 1 is 0.393 bits per heavy atom. The summed E-state index contributed by atoms with van der Waals surface area (Å²) >= 11 is 0. The summed E-state index contributed by atoms with van der Waals surface area (Å²) in [7, 11) is -6.14. The minimum Gasteiger partial charge on any atom is -0.457 e. The highest BCUT2D eigenvalue weighted by molar-refractivity contribution is 7.88. The van der Waals surface area contributed by atoms with Crippen molar-refractivity contribution in [3.63, 3.8) is 0 Å². The van der Waals surface area contributed by atoms with Crippen LogP contribution in [0.5, 0.6) is 34.5 Å². The molecule has 0 fully saturated rings. The van der Waals surface area contributed by atoms with Gasteiger partial charge >= 0.3 is 22.7 Å². The van der Waals surface area contributed by atoms with Crippen molar-refractivity contribution in [2.24, 2.45) is 17.0 Å². The van der Waals surface area contributed by atoms with Gasteiger partial charge in [0.05, 0.1) is 0 Å². The van der Waals surface area contributed by atoms with E-state index in [4.69, 9.17) is 28.3 Å². The first-order chi connectivity index (χ1) is 52.2. The number of nitrogens with zero attached hydrogens (tertiary/aromatic N) is 4. The van der Waals surface area contributed by atoms with Gasteiger partial charge in [-0.1, -0.05) is 288 Å². The molecule has 0 aliphatic carbocycles. The van der Waals surface area contributed by atoms with Gasteiger partial charge in [0.1, 0.15) is 68.7 Å². The van der Waals surface area contributed by atoms with Crippen molar-refractivity contribution >= 4 is 72.8 Å². The van der Waals surface area contributed by atoms with E-state index in [1.165, 1.54) is 247 Å². The number of fused-ring (bicyclic) bond motifs is 15. The van der Waals surface area contributed by atoms with Gasteiger partial charge in [-0.05, 0) is 153 Å². The first-order valence-corrected chi connectivity index (χ1v) is 43.1. The zero-order valence-corrected chi connectivity index (χ0v) is 66.0. The Bertz CT molecular complexity index is 4450. The summed E-state index contributed by atoms with van der Waals surface area (Å²) in [6.45, 7) is 8.07. The Kier molecular flexibility index (Phi) is 33.0. The lowest BCUT2D eigenvalue weighted by Crippen LogP contribution is -2.44. The highest BCUT2D eigenvalue weighted by atomic mass is 32.2. The molecule has 9 aromatic rings. The van der Waals surface area contributed by atoms with Gasteiger partial charge < -0.3 is 33.6 Å². The van der Waals surface area contributed by atoms with Crippen molar-refractivity contribution < 1.29 is 39.9 Å². The van der Waals surface area contributed by atoms with Crippen LogP contribution in [0.4, 0.5) is 36.4 Å². The molecule has 6 aromatic carbocycles. The molecule has 1 aliphatic rings. The molecule has 1 aliphatic heterocycles. The molecule has 0 spiro atoms. The second-order valence-electron chi connectivity index (χ2n) is 30.4. The van der Waals surface area contributed by atoms with Crippen molar-refractivity contribution in [1.82, 2.24) is 14.0 Å². The van der Waals surface area contributed by atoms with Gasteiger partial charge in [-0.25, -0.2) is 9.98 Å². The molecule has 3 aromatic heterocycles. The number of alkyl halides is 3. The second kappa shape index (κ2) is 43.0. The topological polar surface area (TPSA) is 133 Å². The van der Waals surface area contributed by atoms with Gasteiger partial charge in [0.25, 0.3) is 0 Å². The average Bonchev–Trinajstić information content (AvgIpc) is 1.57. The molecule has 0 amide bonds. The Hall–Kier alpha value is -7.50. The Balaban J connectivity index is 0.949. The quantitative estimate of drug-likeness (QED) is 0.0220. The third-order valence-corrected chi connectivity index (χ3v) is 22.6. The van der Waals surface area contributed by atoms with Crippen LogP contribution in [0.3, 0.4) is 0 Å². The van der Waals surface area contributed by atoms with Crippen molar-refractivity contribution in [2.45, 2.75) is 303 Å². The smallest absolute Gasteiger partial charge is 0.457 e. The molecule has 0 unspecified atom stereocenters. The summed E-state index contributed by atoms with van der Waals surface area (Å²) in [4.78, 5) is 14.3. The molecule has 12 nitrogen and oxygen atoms in total. The van der Waals surface area contributed by atoms with Crippen LogP contribution in [0.2, 0.25) is 6.82 Å². The van der Waals surface area contributed by atoms with E-state index in [2.05, 4.69) is 67.5 Å². The van der Waals surface area contributed by atoms with E-state index in [-0.39, 0.29) is 11.0 Å². The maximum Gasteiger partial charge on any atom is 0.521 e. The molecule has 2 N–H and O–H groups in total. The van der Waals surface area contributed by atoms with Crippen LogP contribution in [0, 0.1) is 0 Å². The zero-order chi connectivity index (χ0) is 75.1. The monoisotopic (exact) mass is 1480 g/mol. The van der Waals surface area contributed by atoms with E-state index in [9.17, 15) is 21.6 Å². The van der Waals surface area contributed by atoms with Gasteiger partial charge in [-0.15, -0.1) is 0 Å². The van der Waals surface area contributed by atoms with Crippen LogP contribution < -0.4 is 30.5 Å². The van der Waals surface area contributed by atoms with E-state index in [1.807, 2.05) is 84.4 Å². The highest BCUT2D eigenvalue weighted by Crippen LogP contribution is 2.44. The van der Waals surface area contributed by atoms with Gasteiger partial charge in [0, 0.05) is 39.4 Å². The third-order valence-electron chi connectivity index (χ3n) is 21.5. The van der Waals surface area contributed by atoms with E-state index in [0.29, 0.717) is 84.7 Å². The fraction of sp³-hybridized carbons (Fsp3) is 0.533. The van der Waals surface area contributed by atoms with E-state index in [1.54, 1.807) is 18.2 Å². The van der Waals surface area contributed by atoms with Crippen LogP contribution in [0.25, 0.3) is 32.3 Å². The molecule has 6 bridgehead atoms. The molecular weight excluding hydrogens is 1360 g/mol. The summed E-state index contributed by atoms with van der Waals surface area (Å²) < 4.78 is 98.7. The minimum absolute atomic E-state index is 0.0718. The number of rotatable bonds is 51. The molecular formula is C90H122BF3N6O6S. The van der Waals surface area contributed by atoms with Crippen molar-refractivity contribution in [3.8, 4) is 34.5 Å². The maximum absolute atomic E-state index is 14.6. The molecule has 4 heterocycles. The predicted octanol–water partition coefficient (Wildman–Crippen LogP) is 27.7.